The molecule has 3 rings (SSSR count). The molecular weight excluding hydrogens is 398 g/mol. The molecule has 5 nitrogen and oxygen atoms in total. The van der Waals surface area contributed by atoms with Gasteiger partial charge in [0.1, 0.15) is 5.75 Å². The molecule has 0 spiro atoms. The normalized spacial score (nSPS) is 11.1. The van der Waals surface area contributed by atoms with Crippen LogP contribution in [0, 0.1) is 0 Å². The fourth-order valence-electron chi connectivity index (χ4n) is 3.01. The Kier molecular flexibility index (Phi) is 6.90. The highest BCUT2D eigenvalue weighted by atomic mass is 32.2. The van der Waals surface area contributed by atoms with E-state index in [1.807, 2.05) is 31.2 Å². The van der Waals surface area contributed by atoms with Gasteiger partial charge in [-0.2, -0.15) is 4.31 Å². The summed E-state index contributed by atoms with van der Waals surface area (Å²) in [6.45, 7) is 3.67. The summed E-state index contributed by atoms with van der Waals surface area (Å²) in [6, 6.07) is 22.2. The van der Waals surface area contributed by atoms with Crippen LogP contribution in [-0.2, 0) is 27.7 Å². The van der Waals surface area contributed by atoms with E-state index in [2.05, 4.69) is 6.92 Å². The number of sulfonamides is 1. The number of hydrogen-bond acceptors (Lipinski definition) is 4. The Labute approximate surface area is 178 Å². The number of amides is 1. The smallest absolute Gasteiger partial charge is 0.278 e. The van der Waals surface area contributed by atoms with Crippen molar-refractivity contribution in [2.75, 3.05) is 10.9 Å². The Morgan fingerprint density at radius 1 is 0.800 bits per heavy atom. The lowest BCUT2D eigenvalue weighted by Gasteiger charge is -2.23. The molecule has 6 heteroatoms. The molecule has 0 bridgehead atoms. The van der Waals surface area contributed by atoms with Crippen molar-refractivity contribution in [1.82, 2.24) is 0 Å². The van der Waals surface area contributed by atoms with Gasteiger partial charge in [0.2, 0.25) is 0 Å². The van der Waals surface area contributed by atoms with Crippen molar-refractivity contribution in [3.63, 3.8) is 0 Å². The van der Waals surface area contributed by atoms with E-state index in [0.29, 0.717) is 5.75 Å². The van der Waals surface area contributed by atoms with Gasteiger partial charge in [-0.05, 0) is 60.4 Å². The number of carbonyl (C=O) groups is 1. The van der Waals surface area contributed by atoms with Crippen LogP contribution in [-0.4, -0.2) is 20.9 Å². The Hall–Kier alpha value is -3.12. The summed E-state index contributed by atoms with van der Waals surface area (Å²) < 4.78 is 33.0. The quantitative estimate of drug-likeness (QED) is 0.531. The Morgan fingerprint density at radius 2 is 1.33 bits per heavy atom. The maximum atomic E-state index is 13.3. The standard InChI is InChI=1S/C24H25NO4S/c1-3-19-10-14-21(15-11-19)25(30(27,28)23-8-6-5-7-9-23)24(26)18-29-22-16-12-20(4-2)13-17-22/h5-17H,3-4,18H2,1-2H3. The first kappa shape index (κ1) is 21.6. The van der Waals surface area contributed by atoms with Gasteiger partial charge in [0, 0.05) is 0 Å². The average molecular weight is 424 g/mol. The molecule has 3 aromatic carbocycles. The van der Waals surface area contributed by atoms with Gasteiger partial charge in [-0.3, -0.25) is 4.79 Å². The van der Waals surface area contributed by atoms with Gasteiger partial charge in [0.15, 0.2) is 6.61 Å². The molecule has 0 radical (unpaired) electrons. The van der Waals surface area contributed by atoms with Crippen molar-refractivity contribution in [2.24, 2.45) is 0 Å². The first-order valence-electron chi connectivity index (χ1n) is 9.89. The molecule has 0 aliphatic heterocycles. The molecule has 0 saturated carbocycles. The Balaban J connectivity index is 1.90. The molecule has 0 unspecified atom stereocenters. The molecule has 3 aromatic rings. The molecule has 0 fully saturated rings. The topological polar surface area (TPSA) is 63.7 Å². The maximum absolute atomic E-state index is 13.3. The second kappa shape index (κ2) is 9.59. The number of aryl methyl sites for hydroxylation is 2. The Morgan fingerprint density at radius 3 is 1.87 bits per heavy atom. The van der Waals surface area contributed by atoms with E-state index in [4.69, 9.17) is 4.74 Å². The molecule has 0 atom stereocenters. The van der Waals surface area contributed by atoms with Gasteiger partial charge < -0.3 is 4.74 Å². The first-order valence-corrected chi connectivity index (χ1v) is 11.3. The van der Waals surface area contributed by atoms with Gasteiger partial charge in [-0.1, -0.05) is 56.3 Å². The fraction of sp³-hybridized carbons (Fsp3) is 0.208. The van der Waals surface area contributed by atoms with E-state index in [-0.39, 0.29) is 10.6 Å². The number of carbonyl (C=O) groups excluding carboxylic acids is 1. The highest BCUT2D eigenvalue weighted by Crippen LogP contribution is 2.25. The van der Waals surface area contributed by atoms with Gasteiger partial charge in [0.05, 0.1) is 10.6 Å². The third-order valence-electron chi connectivity index (χ3n) is 4.78. The molecule has 30 heavy (non-hydrogen) atoms. The number of rotatable bonds is 8. The number of nitrogens with zero attached hydrogens (tertiary/aromatic N) is 1. The first-order chi connectivity index (χ1) is 14.5. The van der Waals surface area contributed by atoms with Crippen LogP contribution in [0.3, 0.4) is 0 Å². The minimum absolute atomic E-state index is 0.0465. The lowest BCUT2D eigenvalue weighted by atomic mass is 10.1. The molecule has 0 aromatic heterocycles. The molecule has 0 N–H and O–H groups in total. The van der Waals surface area contributed by atoms with E-state index in [9.17, 15) is 13.2 Å². The molecule has 0 aliphatic rings. The summed E-state index contributed by atoms with van der Waals surface area (Å²) >= 11 is 0. The molecule has 1 amide bonds. The highest BCUT2D eigenvalue weighted by molar-refractivity contribution is 7.93. The zero-order valence-electron chi connectivity index (χ0n) is 17.1. The second-order valence-corrected chi connectivity index (χ2v) is 8.57. The minimum Gasteiger partial charge on any atom is -0.484 e. The summed E-state index contributed by atoms with van der Waals surface area (Å²) in [5, 5.41) is 0. The van der Waals surface area contributed by atoms with E-state index in [1.54, 1.807) is 42.5 Å². The molecule has 156 valence electrons. The van der Waals surface area contributed by atoms with E-state index >= 15 is 0 Å². The monoisotopic (exact) mass is 423 g/mol. The van der Waals surface area contributed by atoms with Crippen LogP contribution in [0.4, 0.5) is 5.69 Å². The summed E-state index contributed by atoms with van der Waals surface area (Å²) in [6.07, 6.45) is 1.71. The predicted octanol–water partition coefficient (Wildman–Crippen LogP) is 4.61. The second-order valence-electron chi connectivity index (χ2n) is 6.78. The van der Waals surface area contributed by atoms with E-state index in [1.165, 1.54) is 12.1 Å². The van der Waals surface area contributed by atoms with Crippen LogP contribution in [0.2, 0.25) is 0 Å². The van der Waals surface area contributed by atoms with Crippen molar-refractivity contribution in [1.29, 1.82) is 0 Å². The molecule has 0 aliphatic carbocycles. The van der Waals surface area contributed by atoms with Crippen molar-refractivity contribution >= 4 is 21.6 Å². The third kappa shape index (κ3) is 4.89. The number of hydrogen-bond donors (Lipinski definition) is 0. The highest BCUT2D eigenvalue weighted by Gasteiger charge is 2.31. The molecular formula is C24H25NO4S. The van der Waals surface area contributed by atoms with Gasteiger partial charge in [0.25, 0.3) is 15.9 Å². The summed E-state index contributed by atoms with van der Waals surface area (Å²) in [7, 11) is -4.08. The zero-order chi connectivity index (χ0) is 21.6. The van der Waals surface area contributed by atoms with Crippen molar-refractivity contribution in [3.8, 4) is 5.75 Å². The number of anilines is 1. The largest absolute Gasteiger partial charge is 0.484 e. The van der Waals surface area contributed by atoms with Gasteiger partial charge >= 0.3 is 0 Å². The van der Waals surface area contributed by atoms with Gasteiger partial charge in [-0.25, -0.2) is 8.42 Å². The SMILES string of the molecule is CCc1ccc(OCC(=O)N(c2ccc(CC)cc2)S(=O)(=O)c2ccccc2)cc1. The minimum atomic E-state index is -4.08. The number of ether oxygens (including phenoxy) is 1. The molecule has 0 heterocycles. The van der Waals surface area contributed by atoms with Crippen LogP contribution in [0.1, 0.15) is 25.0 Å². The summed E-state index contributed by atoms with van der Waals surface area (Å²) in [5.74, 6) is -0.151. The predicted molar refractivity (Wildman–Crippen MR) is 118 cm³/mol. The third-order valence-corrected chi connectivity index (χ3v) is 6.54. The lowest BCUT2D eigenvalue weighted by Crippen LogP contribution is -2.40. The fourth-order valence-corrected chi connectivity index (χ4v) is 4.44. The molecule has 0 saturated heterocycles. The Bertz CT molecular complexity index is 1080. The zero-order valence-corrected chi connectivity index (χ0v) is 17.9. The number of benzene rings is 3. The van der Waals surface area contributed by atoms with E-state index < -0.39 is 22.5 Å². The van der Waals surface area contributed by atoms with Crippen LogP contribution < -0.4 is 9.04 Å². The summed E-state index contributed by atoms with van der Waals surface area (Å²) in [4.78, 5) is 13.1. The average Bonchev–Trinajstić information content (AvgIpc) is 2.79. The van der Waals surface area contributed by atoms with Crippen molar-refractivity contribution < 1.29 is 17.9 Å². The van der Waals surface area contributed by atoms with Crippen LogP contribution in [0.5, 0.6) is 5.75 Å². The lowest BCUT2D eigenvalue weighted by molar-refractivity contribution is -0.119. The summed E-state index contributed by atoms with van der Waals surface area (Å²) in [5.41, 5.74) is 2.49. The van der Waals surface area contributed by atoms with Crippen molar-refractivity contribution in [3.05, 3.63) is 90.0 Å². The van der Waals surface area contributed by atoms with E-state index in [0.717, 1.165) is 28.3 Å². The van der Waals surface area contributed by atoms with Crippen molar-refractivity contribution in [2.45, 2.75) is 31.6 Å². The maximum Gasteiger partial charge on any atom is 0.278 e. The van der Waals surface area contributed by atoms with Gasteiger partial charge in [-0.15, -0.1) is 0 Å². The van der Waals surface area contributed by atoms with Crippen LogP contribution in [0.25, 0.3) is 0 Å². The van der Waals surface area contributed by atoms with Crippen LogP contribution >= 0.6 is 0 Å². The van der Waals surface area contributed by atoms with Crippen LogP contribution in [0.15, 0.2) is 83.8 Å².